The van der Waals surface area contributed by atoms with Crippen molar-refractivity contribution < 1.29 is 4.74 Å². The van der Waals surface area contributed by atoms with E-state index in [1.165, 1.54) is 77.0 Å². The Morgan fingerprint density at radius 3 is 1.27 bits per heavy atom. The molecule has 2 unspecified atom stereocenters. The van der Waals surface area contributed by atoms with Crippen LogP contribution in [0.2, 0.25) is 8.87 Å². The monoisotopic (exact) mass is 476 g/mol. The predicted octanol–water partition coefficient (Wildman–Crippen LogP) is 8.56. The molecule has 0 aliphatic rings. The maximum atomic E-state index is 5.93. The van der Waals surface area contributed by atoms with Crippen molar-refractivity contribution in [3.05, 3.63) is 0 Å². The topological polar surface area (TPSA) is 9.23 Å². The van der Waals surface area contributed by atoms with Crippen LogP contribution in [0.1, 0.15) is 119 Å². The molecule has 0 saturated heterocycles. The zero-order valence-electron chi connectivity index (χ0n) is 19.4. The van der Waals surface area contributed by atoms with E-state index in [0.717, 1.165) is 25.0 Å². The van der Waals surface area contributed by atoms with Gasteiger partial charge in [-0.05, 0) is 24.7 Å². The Kier molecular flexibility index (Phi) is 28.7. The van der Waals surface area contributed by atoms with Gasteiger partial charge in [0.25, 0.3) is 0 Å². The van der Waals surface area contributed by atoms with Gasteiger partial charge in [0.2, 0.25) is 0 Å². The van der Waals surface area contributed by atoms with Gasteiger partial charge in [-0.25, -0.2) is 0 Å². The Balaban J connectivity index is 0. The Morgan fingerprint density at radius 1 is 0.577 bits per heavy atom. The third kappa shape index (κ3) is 22.8. The van der Waals surface area contributed by atoms with Crippen molar-refractivity contribution in [3.8, 4) is 0 Å². The van der Waals surface area contributed by atoms with E-state index in [0.29, 0.717) is 0 Å². The summed E-state index contributed by atoms with van der Waals surface area (Å²) in [6, 6.07) is 0. The van der Waals surface area contributed by atoms with Crippen LogP contribution < -0.4 is 0 Å². The standard InChI is InChI=1S/C16H34O.2C4H9.Sn/c1-5-9-11-15(7-3)13-17-14-16(8-4)12-10-6-2;2*1-3-4-2;/h15-16H,5-14H2,1-4H3;2*1,3-4H2,2H3;. The molecule has 2 radical (unpaired) electrons. The molecule has 0 heterocycles. The summed E-state index contributed by atoms with van der Waals surface area (Å²) in [5.41, 5.74) is 0. The molecule has 0 N–H and O–H groups in total. The normalized spacial score (nSPS) is 13.2. The quantitative estimate of drug-likeness (QED) is 0.143. The molecule has 0 aromatic rings. The van der Waals surface area contributed by atoms with E-state index in [2.05, 4.69) is 41.5 Å². The van der Waals surface area contributed by atoms with Crippen LogP contribution in [0.15, 0.2) is 0 Å². The van der Waals surface area contributed by atoms with Gasteiger partial charge >= 0.3 is 69.5 Å². The predicted molar refractivity (Wildman–Crippen MR) is 123 cm³/mol. The third-order valence-corrected chi connectivity index (χ3v) is 9.24. The van der Waals surface area contributed by atoms with Gasteiger partial charge in [-0.15, -0.1) is 0 Å². The fraction of sp³-hybridized carbons (Fsp3) is 1.00. The van der Waals surface area contributed by atoms with Crippen molar-refractivity contribution in [2.75, 3.05) is 13.2 Å². The molecular weight excluding hydrogens is 423 g/mol. The summed E-state index contributed by atoms with van der Waals surface area (Å²) >= 11 is 0.149. The van der Waals surface area contributed by atoms with Gasteiger partial charge in [0.15, 0.2) is 0 Å². The average molecular weight is 475 g/mol. The summed E-state index contributed by atoms with van der Waals surface area (Å²) in [5.74, 6) is 1.58. The first-order chi connectivity index (χ1) is 12.7. The van der Waals surface area contributed by atoms with Crippen LogP contribution >= 0.6 is 0 Å². The SMILES string of the molecule is CCCCC(CC)COCC(CC)CCCC.CCC[CH2][Sn][CH2]CCC. The second-order valence-electron chi connectivity index (χ2n) is 7.83. The summed E-state index contributed by atoms with van der Waals surface area (Å²) in [5, 5.41) is 0. The van der Waals surface area contributed by atoms with Crippen molar-refractivity contribution in [3.63, 3.8) is 0 Å². The minimum absolute atomic E-state index is 0.149. The van der Waals surface area contributed by atoms with E-state index in [1.807, 2.05) is 0 Å². The molecule has 0 rings (SSSR count). The summed E-state index contributed by atoms with van der Waals surface area (Å²) in [6.07, 6.45) is 16.4. The van der Waals surface area contributed by atoms with Crippen LogP contribution in [-0.2, 0) is 4.74 Å². The summed E-state index contributed by atoms with van der Waals surface area (Å²) in [6.45, 7) is 15.7. The zero-order valence-corrected chi connectivity index (χ0v) is 22.2. The Morgan fingerprint density at radius 2 is 0.962 bits per heavy atom. The zero-order chi connectivity index (χ0) is 19.9. The number of rotatable bonds is 18. The molecule has 0 aromatic carbocycles. The molecule has 0 saturated carbocycles. The molecule has 0 bridgehead atoms. The van der Waals surface area contributed by atoms with Gasteiger partial charge in [-0.3, -0.25) is 0 Å². The van der Waals surface area contributed by atoms with E-state index < -0.39 is 0 Å². The Hall–Kier alpha value is 0.759. The fourth-order valence-electron chi connectivity index (χ4n) is 2.93. The van der Waals surface area contributed by atoms with Crippen molar-refractivity contribution in [1.29, 1.82) is 0 Å². The van der Waals surface area contributed by atoms with Gasteiger partial charge in [-0.1, -0.05) is 66.2 Å². The average Bonchev–Trinajstić information content (AvgIpc) is 2.67. The molecule has 2 heteroatoms. The maximum absolute atomic E-state index is 5.93. The second kappa shape index (κ2) is 25.8. The number of ether oxygens (including phenoxy) is 1. The summed E-state index contributed by atoms with van der Waals surface area (Å²) < 4.78 is 9.18. The number of unbranched alkanes of at least 4 members (excludes halogenated alkanes) is 4. The molecule has 0 aliphatic carbocycles. The second-order valence-corrected chi connectivity index (χ2v) is 12.1. The molecule has 2 atom stereocenters. The van der Waals surface area contributed by atoms with E-state index >= 15 is 0 Å². The molecule has 0 aromatic heterocycles. The van der Waals surface area contributed by atoms with Crippen molar-refractivity contribution in [2.45, 2.75) is 127 Å². The molecule has 0 aliphatic heterocycles. The fourth-order valence-corrected chi connectivity index (χ4v) is 7.08. The van der Waals surface area contributed by atoms with Crippen molar-refractivity contribution in [1.82, 2.24) is 0 Å². The first-order valence-corrected chi connectivity index (χ1v) is 16.0. The molecular formula is C24H52OSn. The molecule has 158 valence electrons. The number of hydrogen-bond donors (Lipinski definition) is 0. The van der Waals surface area contributed by atoms with E-state index in [4.69, 9.17) is 4.74 Å². The molecule has 26 heavy (non-hydrogen) atoms. The van der Waals surface area contributed by atoms with Crippen LogP contribution in [0, 0.1) is 11.8 Å². The number of hydrogen-bond acceptors (Lipinski definition) is 1. The molecule has 1 nitrogen and oxygen atoms in total. The van der Waals surface area contributed by atoms with Crippen LogP contribution in [0.4, 0.5) is 0 Å². The van der Waals surface area contributed by atoms with Crippen LogP contribution in [0.25, 0.3) is 0 Å². The Labute approximate surface area is 178 Å². The van der Waals surface area contributed by atoms with Crippen LogP contribution in [0.3, 0.4) is 0 Å². The van der Waals surface area contributed by atoms with Gasteiger partial charge in [0.1, 0.15) is 0 Å². The molecule has 0 fully saturated rings. The summed E-state index contributed by atoms with van der Waals surface area (Å²) in [4.78, 5) is 0. The van der Waals surface area contributed by atoms with Gasteiger partial charge in [0, 0.05) is 13.2 Å². The van der Waals surface area contributed by atoms with E-state index in [9.17, 15) is 0 Å². The summed E-state index contributed by atoms with van der Waals surface area (Å²) in [7, 11) is 0. The third-order valence-electron chi connectivity index (χ3n) is 5.21. The van der Waals surface area contributed by atoms with Crippen LogP contribution in [-0.4, -0.2) is 34.4 Å². The first kappa shape index (κ1) is 29.0. The van der Waals surface area contributed by atoms with E-state index in [1.54, 1.807) is 8.87 Å². The van der Waals surface area contributed by atoms with Crippen LogP contribution in [0.5, 0.6) is 0 Å². The van der Waals surface area contributed by atoms with Gasteiger partial charge in [-0.2, -0.15) is 0 Å². The minimum atomic E-state index is 0.149. The van der Waals surface area contributed by atoms with E-state index in [-0.39, 0.29) is 21.1 Å². The van der Waals surface area contributed by atoms with Crippen molar-refractivity contribution >= 4 is 21.1 Å². The van der Waals surface area contributed by atoms with Gasteiger partial charge < -0.3 is 4.74 Å². The molecule has 0 spiro atoms. The Bertz CT molecular complexity index is 210. The molecule has 0 amide bonds. The first-order valence-electron chi connectivity index (χ1n) is 12.0. The van der Waals surface area contributed by atoms with Crippen molar-refractivity contribution in [2.24, 2.45) is 11.8 Å². The van der Waals surface area contributed by atoms with Gasteiger partial charge in [0.05, 0.1) is 0 Å².